The number of rotatable bonds is 9. The maximum absolute atomic E-state index is 13.4. The topological polar surface area (TPSA) is 58.6 Å². The number of benzene rings is 2. The Bertz CT molecular complexity index is 872. The Morgan fingerprint density at radius 2 is 1.77 bits per heavy atom. The summed E-state index contributed by atoms with van der Waals surface area (Å²) in [5, 5.41) is 3.20. The largest absolute Gasteiger partial charge is 0.497 e. The molecule has 0 aliphatic heterocycles. The van der Waals surface area contributed by atoms with E-state index in [0.29, 0.717) is 13.0 Å². The number of hydrogen-bond donors (Lipinski definition) is 1. The third-order valence-corrected chi connectivity index (χ3v) is 6.20. The zero-order valence-electron chi connectivity index (χ0n) is 18.9. The van der Waals surface area contributed by atoms with Gasteiger partial charge in [-0.1, -0.05) is 56.2 Å². The molecule has 1 saturated carbocycles. The van der Waals surface area contributed by atoms with Gasteiger partial charge in [0.05, 0.1) is 13.5 Å². The average molecular weight is 423 g/mol. The van der Waals surface area contributed by atoms with Crippen LogP contribution in [0.25, 0.3) is 0 Å². The van der Waals surface area contributed by atoms with Gasteiger partial charge in [-0.2, -0.15) is 0 Å². The van der Waals surface area contributed by atoms with E-state index in [9.17, 15) is 9.59 Å². The molecule has 2 aromatic carbocycles. The molecule has 2 amide bonds. The molecule has 0 radical (unpaired) electrons. The van der Waals surface area contributed by atoms with E-state index in [2.05, 4.69) is 5.32 Å². The van der Waals surface area contributed by atoms with Gasteiger partial charge in [-0.3, -0.25) is 9.59 Å². The zero-order chi connectivity index (χ0) is 22.2. The molecular weight excluding hydrogens is 388 g/mol. The molecule has 5 heteroatoms. The van der Waals surface area contributed by atoms with Crippen LogP contribution in [0.3, 0.4) is 0 Å². The Morgan fingerprint density at radius 1 is 1.10 bits per heavy atom. The molecule has 0 saturated heterocycles. The van der Waals surface area contributed by atoms with Crippen LogP contribution in [0.2, 0.25) is 0 Å². The molecule has 31 heavy (non-hydrogen) atoms. The van der Waals surface area contributed by atoms with Crippen LogP contribution in [0.4, 0.5) is 0 Å². The zero-order valence-corrected chi connectivity index (χ0v) is 18.9. The van der Waals surface area contributed by atoms with Crippen LogP contribution in [-0.4, -0.2) is 35.9 Å². The Morgan fingerprint density at radius 3 is 2.39 bits per heavy atom. The SMILES string of the molecule is CCC(C(=O)NC1CCCC1)N(Cc1ccccc1C)C(=O)Cc1ccc(OC)cc1. The average Bonchev–Trinajstić information content (AvgIpc) is 3.28. The van der Waals surface area contributed by atoms with Crippen molar-refractivity contribution in [1.82, 2.24) is 10.2 Å². The summed E-state index contributed by atoms with van der Waals surface area (Å²) in [5.74, 6) is 0.684. The first kappa shape index (κ1) is 22.9. The van der Waals surface area contributed by atoms with Crippen molar-refractivity contribution in [3.8, 4) is 5.75 Å². The molecular formula is C26H34N2O3. The normalized spacial score (nSPS) is 14.8. The highest BCUT2D eigenvalue weighted by molar-refractivity contribution is 5.88. The standard InChI is InChI=1S/C26H34N2O3/c1-4-24(26(30)27-22-11-7-8-12-22)28(18-21-10-6-5-9-19(21)2)25(29)17-20-13-15-23(31-3)16-14-20/h5-6,9-10,13-16,22,24H,4,7-8,11-12,17-18H2,1-3H3,(H,27,30). The molecule has 1 unspecified atom stereocenters. The van der Waals surface area contributed by atoms with Crippen molar-refractivity contribution in [1.29, 1.82) is 0 Å². The summed E-state index contributed by atoms with van der Waals surface area (Å²) < 4.78 is 5.22. The van der Waals surface area contributed by atoms with E-state index < -0.39 is 6.04 Å². The minimum absolute atomic E-state index is 0.0361. The van der Waals surface area contributed by atoms with Crippen LogP contribution in [0, 0.1) is 6.92 Å². The predicted octanol–water partition coefficient (Wildman–Crippen LogP) is 4.41. The molecule has 3 rings (SSSR count). The molecule has 5 nitrogen and oxygen atoms in total. The number of carbonyl (C=O) groups excluding carboxylic acids is 2. The summed E-state index contributed by atoms with van der Waals surface area (Å²) >= 11 is 0. The summed E-state index contributed by atoms with van der Waals surface area (Å²) in [6.07, 6.45) is 5.21. The van der Waals surface area contributed by atoms with Crippen molar-refractivity contribution < 1.29 is 14.3 Å². The Balaban J connectivity index is 1.81. The number of ether oxygens (including phenoxy) is 1. The molecule has 1 fully saturated rings. The van der Waals surface area contributed by atoms with Gasteiger partial charge >= 0.3 is 0 Å². The van der Waals surface area contributed by atoms with Crippen LogP contribution in [0.15, 0.2) is 48.5 Å². The highest BCUT2D eigenvalue weighted by Gasteiger charge is 2.30. The molecule has 1 aliphatic carbocycles. The first-order valence-electron chi connectivity index (χ1n) is 11.3. The fourth-order valence-corrected chi connectivity index (χ4v) is 4.28. The van der Waals surface area contributed by atoms with Crippen LogP contribution >= 0.6 is 0 Å². The van der Waals surface area contributed by atoms with Crippen molar-refractivity contribution in [2.45, 2.75) is 71.0 Å². The molecule has 166 valence electrons. The van der Waals surface area contributed by atoms with Gasteiger partial charge in [0, 0.05) is 12.6 Å². The number of amides is 2. The van der Waals surface area contributed by atoms with Crippen LogP contribution in [-0.2, 0) is 22.6 Å². The van der Waals surface area contributed by atoms with Crippen molar-refractivity contribution in [3.05, 3.63) is 65.2 Å². The molecule has 0 bridgehead atoms. The van der Waals surface area contributed by atoms with Crippen LogP contribution in [0.5, 0.6) is 5.75 Å². The summed E-state index contributed by atoms with van der Waals surface area (Å²) in [5.41, 5.74) is 3.10. The number of nitrogens with one attached hydrogen (secondary N) is 1. The molecule has 2 aromatic rings. The van der Waals surface area contributed by atoms with Gasteiger partial charge in [-0.05, 0) is 55.0 Å². The summed E-state index contributed by atoms with van der Waals surface area (Å²) in [6, 6.07) is 15.3. The van der Waals surface area contributed by atoms with E-state index in [-0.39, 0.29) is 24.3 Å². The van der Waals surface area contributed by atoms with Gasteiger partial charge in [-0.25, -0.2) is 0 Å². The van der Waals surface area contributed by atoms with E-state index in [1.165, 1.54) is 0 Å². The quantitative estimate of drug-likeness (QED) is 0.651. The number of hydrogen-bond acceptors (Lipinski definition) is 3. The van der Waals surface area contributed by atoms with Crippen molar-refractivity contribution in [2.75, 3.05) is 7.11 Å². The maximum atomic E-state index is 13.4. The number of carbonyl (C=O) groups is 2. The monoisotopic (exact) mass is 422 g/mol. The van der Waals surface area contributed by atoms with Gasteiger partial charge in [0.15, 0.2) is 0 Å². The minimum Gasteiger partial charge on any atom is -0.497 e. The summed E-state index contributed by atoms with van der Waals surface area (Å²) in [6.45, 7) is 4.45. The fraction of sp³-hybridized carbons (Fsp3) is 0.462. The number of aryl methyl sites for hydroxylation is 1. The van der Waals surface area contributed by atoms with E-state index in [0.717, 1.165) is 48.1 Å². The van der Waals surface area contributed by atoms with Crippen molar-refractivity contribution >= 4 is 11.8 Å². The lowest BCUT2D eigenvalue weighted by molar-refractivity contribution is -0.141. The lowest BCUT2D eigenvalue weighted by Gasteiger charge is -2.32. The fourth-order valence-electron chi connectivity index (χ4n) is 4.28. The Hall–Kier alpha value is -2.82. The summed E-state index contributed by atoms with van der Waals surface area (Å²) in [7, 11) is 1.62. The number of nitrogens with zero attached hydrogens (tertiary/aromatic N) is 1. The first-order chi connectivity index (χ1) is 15.0. The first-order valence-corrected chi connectivity index (χ1v) is 11.3. The van der Waals surface area contributed by atoms with Gasteiger partial charge < -0.3 is 15.0 Å². The molecule has 0 spiro atoms. The summed E-state index contributed by atoms with van der Waals surface area (Å²) in [4.78, 5) is 28.4. The predicted molar refractivity (Wildman–Crippen MR) is 123 cm³/mol. The van der Waals surface area contributed by atoms with E-state index in [4.69, 9.17) is 4.74 Å². The lowest BCUT2D eigenvalue weighted by Crippen LogP contribution is -2.51. The van der Waals surface area contributed by atoms with Gasteiger partial charge in [0.1, 0.15) is 11.8 Å². The lowest BCUT2D eigenvalue weighted by atomic mass is 10.0. The Kier molecular flexibility index (Phi) is 8.10. The smallest absolute Gasteiger partial charge is 0.243 e. The molecule has 0 heterocycles. The minimum atomic E-state index is -0.481. The second-order valence-corrected chi connectivity index (χ2v) is 8.39. The van der Waals surface area contributed by atoms with Gasteiger partial charge in [0.25, 0.3) is 0 Å². The third-order valence-electron chi connectivity index (χ3n) is 6.20. The van der Waals surface area contributed by atoms with Gasteiger partial charge in [0.2, 0.25) is 11.8 Å². The van der Waals surface area contributed by atoms with E-state index in [1.807, 2.05) is 62.4 Å². The highest BCUT2D eigenvalue weighted by atomic mass is 16.5. The van der Waals surface area contributed by atoms with E-state index >= 15 is 0 Å². The third kappa shape index (κ3) is 6.09. The second kappa shape index (κ2) is 11.0. The highest BCUT2D eigenvalue weighted by Crippen LogP contribution is 2.21. The number of methoxy groups -OCH3 is 1. The van der Waals surface area contributed by atoms with E-state index in [1.54, 1.807) is 12.0 Å². The molecule has 1 atom stereocenters. The molecule has 1 N–H and O–H groups in total. The Labute approximate surface area is 185 Å². The molecule has 1 aliphatic rings. The van der Waals surface area contributed by atoms with Crippen LogP contribution < -0.4 is 10.1 Å². The second-order valence-electron chi connectivity index (χ2n) is 8.39. The van der Waals surface area contributed by atoms with Crippen molar-refractivity contribution in [2.24, 2.45) is 0 Å². The molecule has 0 aromatic heterocycles. The van der Waals surface area contributed by atoms with Crippen molar-refractivity contribution in [3.63, 3.8) is 0 Å². The van der Waals surface area contributed by atoms with Crippen LogP contribution in [0.1, 0.15) is 55.7 Å². The van der Waals surface area contributed by atoms with Gasteiger partial charge in [-0.15, -0.1) is 0 Å². The maximum Gasteiger partial charge on any atom is 0.243 e.